The molecule has 3 aromatic carbocycles. The fraction of sp³-hybridized carbons (Fsp3) is 0.522. The molecule has 2 aliphatic carbocycles. The Morgan fingerprint density at radius 3 is 2.12 bits per heavy atom. The van der Waals surface area contributed by atoms with Gasteiger partial charge >= 0.3 is 12.2 Å². The topological polar surface area (TPSA) is 121 Å². The van der Waals surface area contributed by atoms with Crippen LogP contribution in [0.25, 0.3) is 11.1 Å². The highest BCUT2D eigenvalue weighted by molar-refractivity contribution is 5.91. The van der Waals surface area contributed by atoms with E-state index in [4.69, 9.17) is 9.47 Å². The first kappa shape index (κ1) is 40.3. The van der Waals surface area contributed by atoms with Gasteiger partial charge in [-0.05, 0) is 112 Å². The maximum atomic E-state index is 14.7. The molecule has 4 aliphatic rings. The summed E-state index contributed by atoms with van der Waals surface area (Å²) >= 11 is 0. The summed E-state index contributed by atoms with van der Waals surface area (Å²) in [5, 5.41) is 6.86. The van der Waals surface area contributed by atoms with Gasteiger partial charge in [-0.3, -0.25) is 9.59 Å². The number of rotatable bonds is 10. The molecule has 11 heteroatoms. The molecule has 2 aliphatic heterocycles. The van der Waals surface area contributed by atoms with Crippen LogP contribution in [0.1, 0.15) is 100 Å². The first-order valence-corrected chi connectivity index (χ1v) is 20.9. The number of carbonyl (C=O) groups is 4. The first-order chi connectivity index (χ1) is 27.4. The van der Waals surface area contributed by atoms with E-state index in [1.54, 1.807) is 21.7 Å². The van der Waals surface area contributed by atoms with E-state index in [1.807, 2.05) is 64.1 Å². The van der Waals surface area contributed by atoms with Crippen molar-refractivity contribution in [2.24, 2.45) is 5.92 Å². The summed E-state index contributed by atoms with van der Waals surface area (Å²) in [6.45, 7) is 9.49. The highest BCUT2D eigenvalue weighted by atomic mass is 16.6. The molecule has 11 nitrogen and oxygen atoms in total. The van der Waals surface area contributed by atoms with Crippen molar-refractivity contribution >= 4 is 24.0 Å². The number of likely N-dealkylation sites (tertiary alicyclic amines) is 2. The largest absolute Gasteiger partial charge is 0.448 e. The maximum absolute atomic E-state index is 14.7. The van der Waals surface area contributed by atoms with Crippen LogP contribution in [0.4, 0.5) is 9.59 Å². The molecule has 0 saturated carbocycles. The molecule has 0 aromatic heterocycles. The van der Waals surface area contributed by atoms with Crippen LogP contribution in [0.2, 0.25) is 0 Å². The highest BCUT2D eigenvalue weighted by Gasteiger charge is 2.42. The minimum atomic E-state index is -0.604. The third kappa shape index (κ3) is 8.98. The summed E-state index contributed by atoms with van der Waals surface area (Å²) in [5.41, 5.74) is 6.48. The van der Waals surface area contributed by atoms with Crippen molar-refractivity contribution in [1.29, 1.82) is 0 Å². The lowest BCUT2D eigenvalue weighted by Gasteiger charge is -2.39. The van der Waals surface area contributed by atoms with Gasteiger partial charge in [-0.2, -0.15) is 0 Å². The number of benzene rings is 3. The standard InChI is InChI=1S/C46H59N5O6/c1-30(49(5)44(54)56-29-38-36-19-10-8-17-34(36)35-18-9-11-20-37(35)38)28-47-41(32-23-26-50(27-24-32)45(55)57-46(2,3)4)43(53)51-25-13-22-40(51)42(52)48-39-21-12-15-31-14-6-7-16-33(31)39/h6-11,14,16-20,30,32,38-41,47H,12-13,15,21-29H2,1-5H3,(H,48,52)/t30-,39+,40-,41-/m0/s1. The number of aryl methyl sites for hydroxylation is 1. The number of fused-ring (bicyclic) bond motifs is 4. The maximum Gasteiger partial charge on any atom is 0.410 e. The van der Waals surface area contributed by atoms with Gasteiger partial charge in [-0.15, -0.1) is 0 Å². The van der Waals surface area contributed by atoms with E-state index >= 15 is 0 Å². The van der Waals surface area contributed by atoms with Crippen LogP contribution in [0, 0.1) is 5.92 Å². The molecule has 57 heavy (non-hydrogen) atoms. The highest BCUT2D eigenvalue weighted by Crippen LogP contribution is 2.44. The Morgan fingerprint density at radius 1 is 0.825 bits per heavy atom. The summed E-state index contributed by atoms with van der Waals surface area (Å²) in [6, 6.07) is 23.3. The third-order valence-corrected chi connectivity index (χ3v) is 12.4. The average molecular weight is 778 g/mol. The lowest BCUT2D eigenvalue weighted by molar-refractivity contribution is -0.141. The fourth-order valence-electron chi connectivity index (χ4n) is 9.16. The van der Waals surface area contributed by atoms with E-state index < -0.39 is 23.8 Å². The molecule has 4 amide bonds. The Hall–Kier alpha value is -4.90. The number of nitrogens with zero attached hydrogens (tertiary/aromatic N) is 3. The molecular formula is C46H59N5O6. The smallest absolute Gasteiger partial charge is 0.410 e. The fourth-order valence-corrected chi connectivity index (χ4v) is 9.16. The van der Waals surface area contributed by atoms with Crippen LogP contribution in [0.15, 0.2) is 72.8 Å². The molecule has 2 N–H and O–H groups in total. The number of nitrogens with one attached hydrogen (secondary N) is 2. The van der Waals surface area contributed by atoms with Crippen molar-refractivity contribution < 1.29 is 28.7 Å². The predicted molar refractivity (Wildman–Crippen MR) is 220 cm³/mol. The van der Waals surface area contributed by atoms with Crippen LogP contribution in [0.5, 0.6) is 0 Å². The van der Waals surface area contributed by atoms with Crippen molar-refractivity contribution in [3.8, 4) is 11.1 Å². The Labute approximate surface area is 337 Å². The van der Waals surface area contributed by atoms with E-state index in [0.717, 1.165) is 36.8 Å². The predicted octanol–water partition coefficient (Wildman–Crippen LogP) is 7.05. The van der Waals surface area contributed by atoms with Gasteiger partial charge in [0.1, 0.15) is 18.2 Å². The molecule has 3 aromatic rings. The summed E-state index contributed by atoms with van der Waals surface area (Å²) < 4.78 is 11.6. The van der Waals surface area contributed by atoms with Crippen LogP contribution < -0.4 is 10.6 Å². The van der Waals surface area contributed by atoms with Gasteiger partial charge in [0, 0.05) is 45.2 Å². The van der Waals surface area contributed by atoms with Crippen LogP contribution >= 0.6 is 0 Å². The number of ether oxygens (including phenoxy) is 2. The minimum Gasteiger partial charge on any atom is -0.448 e. The van der Waals surface area contributed by atoms with E-state index in [0.29, 0.717) is 45.4 Å². The zero-order valence-corrected chi connectivity index (χ0v) is 34.2. The number of hydrogen-bond donors (Lipinski definition) is 2. The molecule has 304 valence electrons. The van der Waals surface area contributed by atoms with Gasteiger partial charge in [0.2, 0.25) is 11.8 Å². The second kappa shape index (κ2) is 17.3. The second-order valence-corrected chi connectivity index (χ2v) is 17.3. The molecule has 0 radical (unpaired) electrons. The number of hydrogen-bond acceptors (Lipinski definition) is 7. The van der Waals surface area contributed by atoms with Crippen molar-refractivity contribution in [3.05, 3.63) is 95.1 Å². The van der Waals surface area contributed by atoms with Crippen molar-refractivity contribution in [2.45, 2.75) is 108 Å². The van der Waals surface area contributed by atoms with E-state index in [1.165, 1.54) is 22.3 Å². The zero-order chi connectivity index (χ0) is 40.3. The summed E-state index contributed by atoms with van der Waals surface area (Å²) in [6.07, 6.45) is 4.66. The number of likely N-dealkylation sites (N-methyl/N-ethyl adjacent to an activating group) is 1. The quantitative estimate of drug-likeness (QED) is 0.227. The molecule has 0 bridgehead atoms. The molecule has 2 fully saturated rings. The Balaban J connectivity index is 1.01. The van der Waals surface area contributed by atoms with Gasteiger partial charge in [0.25, 0.3) is 0 Å². The Bertz CT molecular complexity index is 1890. The van der Waals surface area contributed by atoms with Gasteiger partial charge < -0.3 is 34.8 Å². The average Bonchev–Trinajstić information content (AvgIpc) is 3.83. The molecule has 0 unspecified atom stereocenters. The SMILES string of the molecule is C[C@@H](CN[C@H](C(=O)N1CCC[C@H]1C(=O)N[C@@H]1CCCc2ccccc21)C1CCN(C(=O)OC(C)(C)C)CC1)N(C)C(=O)OCC1c2ccccc2-c2ccccc21. The van der Waals surface area contributed by atoms with Gasteiger partial charge in [0.05, 0.1) is 12.1 Å². The Kier molecular flexibility index (Phi) is 12.2. The van der Waals surface area contributed by atoms with Crippen LogP contribution in [0.3, 0.4) is 0 Å². The molecule has 0 spiro atoms. The van der Waals surface area contributed by atoms with Gasteiger partial charge in [0.15, 0.2) is 0 Å². The van der Waals surface area contributed by atoms with Crippen molar-refractivity contribution in [2.75, 3.05) is 39.8 Å². The first-order valence-electron chi connectivity index (χ1n) is 20.9. The van der Waals surface area contributed by atoms with Crippen molar-refractivity contribution in [3.63, 3.8) is 0 Å². The minimum absolute atomic E-state index is 0.0461. The van der Waals surface area contributed by atoms with Crippen LogP contribution in [-0.4, -0.2) is 102 Å². The molecular weight excluding hydrogens is 719 g/mol. The zero-order valence-electron chi connectivity index (χ0n) is 34.2. The summed E-state index contributed by atoms with van der Waals surface area (Å²) in [7, 11) is 1.73. The summed E-state index contributed by atoms with van der Waals surface area (Å²) in [5.74, 6) is -0.347. The second-order valence-electron chi connectivity index (χ2n) is 17.3. The molecule has 7 rings (SSSR count). The molecule has 4 atom stereocenters. The normalized spacial score (nSPS) is 20.5. The van der Waals surface area contributed by atoms with E-state index in [2.05, 4.69) is 47.0 Å². The van der Waals surface area contributed by atoms with Gasteiger partial charge in [-0.25, -0.2) is 9.59 Å². The summed E-state index contributed by atoms with van der Waals surface area (Å²) in [4.78, 5) is 60.1. The lowest BCUT2D eigenvalue weighted by Crippen LogP contribution is -2.58. The van der Waals surface area contributed by atoms with E-state index in [9.17, 15) is 19.2 Å². The number of piperidine rings is 1. The molecule has 2 saturated heterocycles. The Morgan fingerprint density at radius 2 is 1.46 bits per heavy atom. The number of amides is 4. The van der Waals surface area contributed by atoms with E-state index in [-0.39, 0.29) is 48.4 Å². The monoisotopic (exact) mass is 777 g/mol. The lowest BCUT2D eigenvalue weighted by atomic mass is 9.87. The van der Waals surface area contributed by atoms with Crippen LogP contribution in [-0.2, 0) is 25.5 Å². The molecule has 2 heterocycles. The van der Waals surface area contributed by atoms with Crippen molar-refractivity contribution in [1.82, 2.24) is 25.3 Å². The number of carbonyl (C=O) groups excluding carboxylic acids is 4. The third-order valence-electron chi connectivity index (χ3n) is 12.4. The van der Waals surface area contributed by atoms with Gasteiger partial charge in [-0.1, -0.05) is 72.8 Å².